The van der Waals surface area contributed by atoms with Crippen LogP contribution in [-0.2, 0) is 16.0 Å². The molecule has 0 bridgehead atoms. The van der Waals surface area contributed by atoms with Crippen molar-refractivity contribution in [2.75, 3.05) is 6.61 Å². The highest BCUT2D eigenvalue weighted by Gasteiger charge is 2.15. The van der Waals surface area contributed by atoms with Gasteiger partial charge in [0.25, 0.3) is 0 Å². The fourth-order valence-electron chi connectivity index (χ4n) is 1.49. The van der Waals surface area contributed by atoms with Gasteiger partial charge >= 0.3 is 5.97 Å². The van der Waals surface area contributed by atoms with E-state index in [1.807, 2.05) is 0 Å². The standard InChI is InChI=1S/C10H9BrClN3O2/c1-2-17-7(16)5-6-14-9(11)8-10(12)13-3-4-15(6)8/h3-4H,2,5H2,1H3. The molecule has 0 amide bonds. The van der Waals surface area contributed by atoms with Crippen molar-refractivity contribution in [1.82, 2.24) is 14.4 Å². The minimum absolute atomic E-state index is 0.0982. The summed E-state index contributed by atoms with van der Waals surface area (Å²) in [6.45, 7) is 2.11. The summed E-state index contributed by atoms with van der Waals surface area (Å²) in [4.78, 5) is 19.6. The lowest BCUT2D eigenvalue weighted by Crippen LogP contribution is -2.10. The Balaban J connectivity index is 2.42. The molecular formula is C10H9BrClN3O2. The Morgan fingerprint density at radius 3 is 3.12 bits per heavy atom. The van der Waals surface area contributed by atoms with Crippen LogP contribution in [0.15, 0.2) is 17.0 Å². The Morgan fingerprint density at radius 2 is 2.41 bits per heavy atom. The summed E-state index contributed by atoms with van der Waals surface area (Å²) in [7, 11) is 0. The molecule has 0 aliphatic carbocycles. The molecule has 0 saturated heterocycles. The van der Waals surface area contributed by atoms with E-state index in [4.69, 9.17) is 16.3 Å². The molecule has 0 aliphatic rings. The zero-order chi connectivity index (χ0) is 12.4. The molecule has 0 aromatic carbocycles. The fourth-order valence-corrected chi connectivity index (χ4v) is 2.42. The number of ether oxygens (including phenoxy) is 1. The molecule has 0 aliphatic heterocycles. The molecule has 2 aromatic heterocycles. The highest BCUT2D eigenvalue weighted by Crippen LogP contribution is 2.24. The predicted octanol–water partition coefficient (Wildman–Crippen LogP) is 2.25. The van der Waals surface area contributed by atoms with Gasteiger partial charge in [0.15, 0.2) is 5.15 Å². The number of hydrogen-bond donors (Lipinski definition) is 0. The number of rotatable bonds is 3. The first-order chi connectivity index (χ1) is 8.13. The minimum atomic E-state index is -0.320. The van der Waals surface area contributed by atoms with Crippen LogP contribution in [0.25, 0.3) is 5.52 Å². The van der Waals surface area contributed by atoms with E-state index in [9.17, 15) is 4.79 Å². The van der Waals surface area contributed by atoms with Gasteiger partial charge < -0.3 is 4.74 Å². The number of carbonyl (C=O) groups excluding carboxylic acids is 1. The molecule has 0 spiro atoms. The molecule has 2 rings (SSSR count). The summed E-state index contributed by atoms with van der Waals surface area (Å²) in [5, 5.41) is 0.335. The first-order valence-corrected chi connectivity index (χ1v) is 6.13. The molecule has 0 saturated carbocycles. The Morgan fingerprint density at radius 1 is 1.65 bits per heavy atom. The lowest BCUT2D eigenvalue weighted by molar-refractivity contribution is -0.142. The van der Waals surface area contributed by atoms with Crippen molar-refractivity contribution in [3.8, 4) is 0 Å². The molecule has 0 fully saturated rings. The number of nitrogens with zero attached hydrogens (tertiary/aromatic N) is 3. The number of carbonyl (C=O) groups is 1. The van der Waals surface area contributed by atoms with Crippen molar-refractivity contribution in [3.05, 3.63) is 28.0 Å². The summed E-state index contributed by atoms with van der Waals surface area (Å²) in [5.74, 6) is 0.245. The van der Waals surface area contributed by atoms with Crippen LogP contribution < -0.4 is 0 Å². The third-order valence-corrected chi connectivity index (χ3v) is 2.98. The van der Waals surface area contributed by atoms with Crippen molar-refractivity contribution < 1.29 is 9.53 Å². The molecular weight excluding hydrogens is 309 g/mol. The van der Waals surface area contributed by atoms with Crippen LogP contribution in [0.4, 0.5) is 0 Å². The van der Waals surface area contributed by atoms with Crippen LogP contribution in [0.2, 0.25) is 5.15 Å². The van der Waals surface area contributed by atoms with Gasteiger partial charge in [0, 0.05) is 12.4 Å². The van der Waals surface area contributed by atoms with E-state index in [1.54, 1.807) is 23.7 Å². The van der Waals surface area contributed by atoms with Gasteiger partial charge in [0.2, 0.25) is 0 Å². The number of esters is 1. The molecule has 90 valence electrons. The SMILES string of the molecule is CCOC(=O)Cc1nc(Br)c2c(Cl)nccn12. The van der Waals surface area contributed by atoms with Gasteiger partial charge in [0.1, 0.15) is 22.4 Å². The van der Waals surface area contributed by atoms with Crippen molar-refractivity contribution in [2.45, 2.75) is 13.3 Å². The topological polar surface area (TPSA) is 56.5 Å². The van der Waals surface area contributed by atoms with E-state index in [0.29, 0.717) is 27.7 Å². The summed E-state index contributed by atoms with van der Waals surface area (Å²) in [6, 6.07) is 0. The summed E-state index contributed by atoms with van der Waals surface area (Å²) >= 11 is 9.24. The molecule has 5 nitrogen and oxygen atoms in total. The monoisotopic (exact) mass is 317 g/mol. The predicted molar refractivity (Wildman–Crippen MR) is 66.0 cm³/mol. The van der Waals surface area contributed by atoms with Crippen LogP contribution in [-0.4, -0.2) is 26.9 Å². The summed E-state index contributed by atoms with van der Waals surface area (Å²) in [6.07, 6.45) is 3.35. The average molecular weight is 319 g/mol. The first kappa shape index (κ1) is 12.3. The zero-order valence-corrected chi connectivity index (χ0v) is 11.3. The maximum atomic E-state index is 11.4. The van der Waals surface area contributed by atoms with Crippen molar-refractivity contribution in [3.63, 3.8) is 0 Å². The van der Waals surface area contributed by atoms with Crippen LogP contribution >= 0.6 is 27.5 Å². The normalized spacial score (nSPS) is 10.8. The van der Waals surface area contributed by atoms with Gasteiger partial charge in [-0.1, -0.05) is 11.6 Å². The van der Waals surface area contributed by atoms with Gasteiger partial charge in [-0.2, -0.15) is 0 Å². The molecule has 2 heterocycles. The number of imidazole rings is 1. The van der Waals surface area contributed by atoms with E-state index >= 15 is 0 Å². The smallest absolute Gasteiger partial charge is 0.313 e. The third kappa shape index (κ3) is 2.42. The van der Waals surface area contributed by atoms with E-state index in [-0.39, 0.29) is 12.4 Å². The molecule has 17 heavy (non-hydrogen) atoms. The number of halogens is 2. The van der Waals surface area contributed by atoms with Gasteiger partial charge in [0.05, 0.1) is 6.61 Å². The van der Waals surface area contributed by atoms with Gasteiger partial charge in [-0.15, -0.1) is 0 Å². The third-order valence-electron chi connectivity index (χ3n) is 2.15. The first-order valence-electron chi connectivity index (χ1n) is 4.96. The molecule has 0 atom stereocenters. The summed E-state index contributed by atoms with van der Waals surface area (Å²) in [5.41, 5.74) is 0.647. The van der Waals surface area contributed by atoms with Gasteiger partial charge in [-0.25, -0.2) is 9.97 Å². The van der Waals surface area contributed by atoms with E-state index in [2.05, 4.69) is 25.9 Å². The Hall–Kier alpha value is -1.14. The summed E-state index contributed by atoms with van der Waals surface area (Å²) < 4.78 is 7.16. The Bertz CT molecular complexity index is 570. The second-order valence-electron chi connectivity index (χ2n) is 3.24. The number of hydrogen-bond acceptors (Lipinski definition) is 4. The van der Waals surface area contributed by atoms with Crippen LogP contribution in [0, 0.1) is 0 Å². The minimum Gasteiger partial charge on any atom is -0.466 e. The quantitative estimate of drug-likeness (QED) is 0.815. The zero-order valence-electron chi connectivity index (χ0n) is 8.98. The lowest BCUT2D eigenvalue weighted by Gasteiger charge is -2.01. The average Bonchev–Trinajstić information content (AvgIpc) is 2.57. The van der Waals surface area contributed by atoms with Crippen molar-refractivity contribution >= 4 is 39.0 Å². The van der Waals surface area contributed by atoms with Crippen LogP contribution in [0.5, 0.6) is 0 Å². The highest BCUT2D eigenvalue weighted by atomic mass is 79.9. The largest absolute Gasteiger partial charge is 0.466 e. The lowest BCUT2D eigenvalue weighted by atomic mass is 10.4. The van der Waals surface area contributed by atoms with E-state index in [1.165, 1.54) is 0 Å². The second-order valence-corrected chi connectivity index (χ2v) is 4.35. The van der Waals surface area contributed by atoms with Crippen LogP contribution in [0.3, 0.4) is 0 Å². The second kappa shape index (κ2) is 5.01. The Kier molecular flexibility index (Phi) is 3.63. The number of aromatic nitrogens is 3. The molecule has 0 N–H and O–H groups in total. The molecule has 7 heteroatoms. The maximum Gasteiger partial charge on any atom is 0.313 e. The molecule has 2 aromatic rings. The molecule has 0 unspecified atom stereocenters. The van der Waals surface area contributed by atoms with Gasteiger partial charge in [-0.3, -0.25) is 9.20 Å². The Labute approximate surface area is 111 Å². The molecule has 0 radical (unpaired) electrons. The van der Waals surface area contributed by atoms with Gasteiger partial charge in [-0.05, 0) is 22.9 Å². The van der Waals surface area contributed by atoms with Crippen molar-refractivity contribution in [2.24, 2.45) is 0 Å². The van der Waals surface area contributed by atoms with Crippen LogP contribution in [0.1, 0.15) is 12.7 Å². The van der Waals surface area contributed by atoms with Crippen molar-refractivity contribution in [1.29, 1.82) is 0 Å². The maximum absolute atomic E-state index is 11.4. The highest BCUT2D eigenvalue weighted by molar-refractivity contribution is 9.10. The van der Waals surface area contributed by atoms with E-state index < -0.39 is 0 Å². The fraction of sp³-hybridized carbons (Fsp3) is 0.300. The van der Waals surface area contributed by atoms with E-state index in [0.717, 1.165) is 0 Å². The number of fused-ring (bicyclic) bond motifs is 1.